The van der Waals surface area contributed by atoms with Crippen LogP contribution in [0.25, 0.3) is 10.1 Å². The van der Waals surface area contributed by atoms with Gasteiger partial charge in [0.2, 0.25) is 0 Å². The average molecular weight is 212 g/mol. The molecular weight excluding hydrogens is 206 g/mol. The molecule has 0 spiro atoms. The summed E-state index contributed by atoms with van der Waals surface area (Å²) in [4.78, 5) is 0. The van der Waals surface area contributed by atoms with Crippen molar-refractivity contribution < 1.29 is 19.5 Å². The molecule has 0 radical (unpaired) electrons. The van der Waals surface area contributed by atoms with Gasteiger partial charge in [-0.1, -0.05) is 6.07 Å². The topological polar surface area (TPSA) is 60.7 Å². The maximum Gasteiger partial charge on any atom is 0.489 e. The molecular formula is C8H6BFO3S. The highest BCUT2D eigenvalue weighted by molar-refractivity contribution is 7.19. The highest BCUT2D eigenvalue weighted by atomic mass is 32.1. The fourth-order valence-electron chi connectivity index (χ4n) is 1.30. The van der Waals surface area contributed by atoms with Crippen LogP contribution in [-0.2, 0) is 0 Å². The molecule has 0 aliphatic heterocycles. The molecule has 14 heavy (non-hydrogen) atoms. The van der Waals surface area contributed by atoms with Crippen molar-refractivity contribution in [1.82, 2.24) is 0 Å². The van der Waals surface area contributed by atoms with Gasteiger partial charge in [0.1, 0.15) is 5.75 Å². The summed E-state index contributed by atoms with van der Waals surface area (Å²) in [6, 6.07) is 3.84. The summed E-state index contributed by atoms with van der Waals surface area (Å²) in [6.07, 6.45) is 0. The average Bonchev–Trinajstić information content (AvgIpc) is 2.47. The van der Waals surface area contributed by atoms with E-state index in [9.17, 15) is 9.50 Å². The Morgan fingerprint density at radius 3 is 2.64 bits per heavy atom. The number of benzene rings is 1. The first-order valence-electron chi connectivity index (χ1n) is 3.86. The Morgan fingerprint density at radius 2 is 2.00 bits per heavy atom. The van der Waals surface area contributed by atoms with E-state index in [1.807, 2.05) is 0 Å². The quantitative estimate of drug-likeness (QED) is 0.600. The Morgan fingerprint density at radius 1 is 1.29 bits per heavy atom. The molecule has 0 aliphatic carbocycles. The summed E-state index contributed by atoms with van der Waals surface area (Å²) in [6.45, 7) is 0. The SMILES string of the molecule is OB(O)c1ccc(O)c2cc(F)sc12. The number of phenolic OH excluding ortho intramolecular Hbond substituents is 1. The van der Waals surface area contributed by atoms with Crippen LogP contribution in [0.2, 0.25) is 0 Å². The third-order valence-corrected chi connectivity index (χ3v) is 2.91. The largest absolute Gasteiger partial charge is 0.507 e. The van der Waals surface area contributed by atoms with Gasteiger partial charge in [0.05, 0.1) is 0 Å². The number of rotatable bonds is 1. The number of phenols is 1. The van der Waals surface area contributed by atoms with Crippen LogP contribution >= 0.6 is 11.3 Å². The summed E-state index contributed by atoms with van der Waals surface area (Å²) in [7, 11) is -1.66. The van der Waals surface area contributed by atoms with Gasteiger partial charge in [-0.25, -0.2) is 0 Å². The van der Waals surface area contributed by atoms with E-state index in [1.165, 1.54) is 18.2 Å². The summed E-state index contributed by atoms with van der Waals surface area (Å²) in [5, 5.41) is 27.2. The Bertz CT molecular complexity index is 483. The van der Waals surface area contributed by atoms with Crippen LogP contribution in [-0.4, -0.2) is 22.3 Å². The number of aromatic hydroxyl groups is 1. The summed E-state index contributed by atoms with van der Waals surface area (Å²) in [5.41, 5.74) is 0.201. The summed E-state index contributed by atoms with van der Waals surface area (Å²) >= 11 is 0.775. The standard InChI is InChI=1S/C8H6BFO3S/c10-7-3-4-6(11)2-1-5(9(12)13)8(4)14-7/h1-3,11-13H. The zero-order valence-corrected chi connectivity index (χ0v) is 7.75. The number of halogens is 1. The molecule has 0 bridgehead atoms. The normalized spacial score (nSPS) is 10.8. The van der Waals surface area contributed by atoms with Crippen LogP contribution in [0.3, 0.4) is 0 Å². The molecule has 2 aromatic rings. The lowest BCUT2D eigenvalue weighted by molar-refractivity contribution is 0.426. The van der Waals surface area contributed by atoms with E-state index < -0.39 is 12.2 Å². The summed E-state index contributed by atoms with van der Waals surface area (Å²) < 4.78 is 13.2. The Hall–Kier alpha value is -1.11. The second-order valence-corrected chi connectivity index (χ2v) is 3.84. The Labute approximate surface area is 83.2 Å². The molecule has 0 saturated carbocycles. The van der Waals surface area contributed by atoms with Gasteiger partial charge in [-0.15, -0.1) is 11.3 Å². The first-order valence-corrected chi connectivity index (χ1v) is 4.68. The van der Waals surface area contributed by atoms with E-state index >= 15 is 0 Å². The minimum absolute atomic E-state index is 0.0652. The van der Waals surface area contributed by atoms with Crippen molar-refractivity contribution in [1.29, 1.82) is 0 Å². The van der Waals surface area contributed by atoms with Gasteiger partial charge < -0.3 is 15.2 Å². The zero-order chi connectivity index (χ0) is 10.3. The molecule has 1 heterocycles. The van der Waals surface area contributed by atoms with Crippen molar-refractivity contribution in [3.05, 3.63) is 23.3 Å². The van der Waals surface area contributed by atoms with E-state index in [0.29, 0.717) is 10.1 Å². The van der Waals surface area contributed by atoms with Crippen LogP contribution in [0.5, 0.6) is 5.75 Å². The van der Waals surface area contributed by atoms with Crippen molar-refractivity contribution in [2.75, 3.05) is 0 Å². The molecule has 1 aromatic heterocycles. The molecule has 0 unspecified atom stereocenters. The van der Waals surface area contributed by atoms with Gasteiger partial charge >= 0.3 is 7.12 Å². The molecule has 3 N–H and O–H groups in total. The molecule has 1 aromatic carbocycles. The molecule has 72 valence electrons. The lowest BCUT2D eigenvalue weighted by atomic mass is 9.80. The Balaban J connectivity index is 2.81. The first kappa shape index (κ1) is 9.45. The van der Waals surface area contributed by atoms with Gasteiger partial charge in [0.15, 0.2) is 5.13 Å². The second kappa shape index (κ2) is 3.23. The van der Waals surface area contributed by atoms with Crippen LogP contribution in [0.15, 0.2) is 18.2 Å². The highest BCUT2D eigenvalue weighted by Gasteiger charge is 2.18. The molecule has 3 nitrogen and oxygen atoms in total. The van der Waals surface area contributed by atoms with Gasteiger partial charge in [0.25, 0.3) is 0 Å². The first-order chi connectivity index (χ1) is 6.59. The van der Waals surface area contributed by atoms with Crippen LogP contribution in [0, 0.1) is 5.13 Å². The molecule has 0 atom stereocenters. The molecule has 0 fully saturated rings. The van der Waals surface area contributed by atoms with Crippen molar-refractivity contribution in [2.24, 2.45) is 0 Å². The second-order valence-electron chi connectivity index (χ2n) is 2.84. The number of hydrogen-bond acceptors (Lipinski definition) is 4. The Kier molecular flexibility index (Phi) is 2.18. The lowest BCUT2D eigenvalue weighted by Crippen LogP contribution is -2.29. The predicted octanol–water partition coefficient (Wildman–Crippen LogP) is 0.426. The molecule has 0 aliphatic rings. The molecule has 2 rings (SSSR count). The highest BCUT2D eigenvalue weighted by Crippen LogP contribution is 2.29. The number of fused-ring (bicyclic) bond motifs is 1. The monoisotopic (exact) mass is 212 g/mol. The minimum atomic E-state index is -1.66. The van der Waals surface area contributed by atoms with E-state index in [2.05, 4.69) is 0 Å². The van der Waals surface area contributed by atoms with Crippen molar-refractivity contribution in [3.63, 3.8) is 0 Å². The van der Waals surface area contributed by atoms with Crippen LogP contribution in [0.4, 0.5) is 4.39 Å². The smallest absolute Gasteiger partial charge is 0.489 e. The van der Waals surface area contributed by atoms with Crippen molar-refractivity contribution >= 4 is 34.0 Å². The molecule has 6 heteroatoms. The van der Waals surface area contributed by atoms with Crippen molar-refractivity contribution in [3.8, 4) is 5.75 Å². The maximum atomic E-state index is 12.9. The third kappa shape index (κ3) is 1.37. The fraction of sp³-hybridized carbons (Fsp3) is 0. The van der Waals surface area contributed by atoms with E-state index in [0.717, 1.165) is 11.3 Å². The minimum Gasteiger partial charge on any atom is -0.507 e. The lowest BCUT2D eigenvalue weighted by Gasteiger charge is -2.01. The van der Waals surface area contributed by atoms with Crippen LogP contribution in [0.1, 0.15) is 0 Å². The van der Waals surface area contributed by atoms with E-state index in [4.69, 9.17) is 10.0 Å². The maximum absolute atomic E-state index is 12.9. The van der Waals surface area contributed by atoms with E-state index in [-0.39, 0.29) is 11.2 Å². The summed E-state index contributed by atoms with van der Waals surface area (Å²) in [5.74, 6) is -0.0652. The fourth-order valence-corrected chi connectivity index (χ4v) is 2.24. The van der Waals surface area contributed by atoms with Crippen LogP contribution < -0.4 is 5.46 Å². The molecule has 0 saturated heterocycles. The number of hydrogen-bond donors (Lipinski definition) is 3. The van der Waals surface area contributed by atoms with Gasteiger partial charge in [-0.05, 0) is 12.1 Å². The van der Waals surface area contributed by atoms with Crippen molar-refractivity contribution in [2.45, 2.75) is 0 Å². The third-order valence-electron chi connectivity index (χ3n) is 1.94. The predicted molar refractivity (Wildman–Crippen MR) is 53.3 cm³/mol. The van der Waals surface area contributed by atoms with E-state index in [1.54, 1.807) is 0 Å². The zero-order valence-electron chi connectivity index (χ0n) is 6.94. The van der Waals surface area contributed by atoms with Gasteiger partial charge in [-0.2, -0.15) is 4.39 Å². The van der Waals surface area contributed by atoms with Gasteiger partial charge in [0, 0.05) is 15.5 Å². The van der Waals surface area contributed by atoms with Gasteiger partial charge in [-0.3, -0.25) is 0 Å². The number of thiophene rings is 1. The molecule has 0 amide bonds.